The van der Waals surface area contributed by atoms with Crippen LogP contribution in [0.1, 0.15) is 72.6 Å². The standard InChI is InChI=1S/C26H42O5/c1-16(31-12-11-24(2,30)15-27)20-7-8-21-19-6-5-17-13-18(28)14-23(29)26(17,4)22(19)9-10-25(20,21)3/h5-6,16,18,20-23,27-30H,7-15H2,1-4H3/t16-,18+,20+,21-,22-,23-,24+,25+,26-/m0/s1. The third kappa shape index (κ3) is 3.85. The minimum atomic E-state index is -1.08. The summed E-state index contributed by atoms with van der Waals surface area (Å²) in [6.07, 6.45) is 9.80. The fraction of sp³-hybridized carbons (Fsp3) is 0.846. The third-order valence-corrected chi connectivity index (χ3v) is 9.65. The molecule has 4 rings (SSSR count). The maximum atomic E-state index is 11.0. The molecular weight excluding hydrogens is 392 g/mol. The van der Waals surface area contributed by atoms with Crippen molar-refractivity contribution in [3.05, 3.63) is 23.3 Å². The minimum Gasteiger partial charge on any atom is -0.393 e. The van der Waals surface area contributed by atoms with Gasteiger partial charge in [-0.1, -0.05) is 37.1 Å². The molecule has 4 aliphatic rings. The van der Waals surface area contributed by atoms with Crippen LogP contribution < -0.4 is 0 Å². The molecule has 4 aliphatic carbocycles. The minimum absolute atomic E-state index is 0.113. The smallest absolute Gasteiger partial charge is 0.0871 e. The number of fused-ring (bicyclic) bond motifs is 5. The van der Waals surface area contributed by atoms with Crippen molar-refractivity contribution in [3.63, 3.8) is 0 Å². The monoisotopic (exact) mass is 434 g/mol. The fourth-order valence-electron chi connectivity index (χ4n) is 7.52. The van der Waals surface area contributed by atoms with E-state index in [1.54, 1.807) is 6.92 Å². The van der Waals surface area contributed by atoms with E-state index in [0.29, 0.717) is 43.6 Å². The van der Waals surface area contributed by atoms with Crippen LogP contribution in [0.25, 0.3) is 0 Å². The average Bonchev–Trinajstić information content (AvgIpc) is 3.06. The lowest BCUT2D eigenvalue weighted by Crippen LogP contribution is -2.52. The number of allylic oxidation sites excluding steroid dienone is 3. The molecule has 176 valence electrons. The molecule has 0 radical (unpaired) electrons. The third-order valence-electron chi connectivity index (χ3n) is 9.65. The van der Waals surface area contributed by atoms with Crippen LogP contribution >= 0.6 is 0 Å². The first kappa shape index (κ1) is 23.4. The molecule has 4 N–H and O–H groups in total. The van der Waals surface area contributed by atoms with Crippen molar-refractivity contribution in [2.24, 2.45) is 28.6 Å². The topological polar surface area (TPSA) is 90.2 Å². The van der Waals surface area contributed by atoms with E-state index < -0.39 is 17.8 Å². The molecule has 31 heavy (non-hydrogen) atoms. The van der Waals surface area contributed by atoms with Gasteiger partial charge in [0.2, 0.25) is 0 Å². The molecular formula is C26H42O5. The Hall–Kier alpha value is -0.720. The molecule has 0 bridgehead atoms. The highest BCUT2D eigenvalue weighted by atomic mass is 16.5. The number of aliphatic hydroxyl groups excluding tert-OH is 3. The Morgan fingerprint density at radius 3 is 2.61 bits per heavy atom. The van der Waals surface area contributed by atoms with Gasteiger partial charge in [-0.2, -0.15) is 0 Å². The maximum absolute atomic E-state index is 11.0. The Kier molecular flexibility index (Phi) is 6.24. The number of ether oxygens (including phenoxy) is 1. The lowest BCUT2D eigenvalue weighted by Gasteiger charge is -2.56. The van der Waals surface area contributed by atoms with Crippen molar-refractivity contribution >= 4 is 0 Å². The number of aliphatic hydroxyl groups is 4. The Bertz CT molecular complexity index is 742. The van der Waals surface area contributed by atoms with Gasteiger partial charge in [-0.15, -0.1) is 0 Å². The van der Waals surface area contributed by atoms with Gasteiger partial charge in [0, 0.05) is 24.9 Å². The normalized spacial score (nSPS) is 45.0. The van der Waals surface area contributed by atoms with Crippen LogP contribution in [0.3, 0.4) is 0 Å². The zero-order valence-electron chi connectivity index (χ0n) is 19.7. The van der Waals surface area contributed by atoms with E-state index in [1.807, 2.05) is 0 Å². The second-order valence-electron chi connectivity index (χ2n) is 11.6. The first-order valence-electron chi connectivity index (χ1n) is 12.2. The van der Waals surface area contributed by atoms with Crippen molar-refractivity contribution < 1.29 is 25.2 Å². The first-order chi connectivity index (χ1) is 14.5. The predicted molar refractivity (Wildman–Crippen MR) is 120 cm³/mol. The van der Waals surface area contributed by atoms with E-state index in [0.717, 1.165) is 25.7 Å². The number of rotatable bonds is 6. The molecule has 5 nitrogen and oxygen atoms in total. The highest BCUT2D eigenvalue weighted by Crippen LogP contribution is 2.65. The van der Waals surface area contributed by atoms with Gasteiger partial charge in [-0.25, -0.2) is 0 Å². The molecule has 3 fully saturated rings. The highest BCUT2D eigenvalue weighted by molar-refractivity contribution is 5.40. The van der Waals surface area contributed by atoms with Gasteiger partial charge in [0.25, 0.3) is 0 Å². The summed E-state index contributed by atoms with van der Waals surface area (Å²) in [5, 5.41) is 40.5. The van der Waals surface area contributed by atoms with E-state index >= 15 is 0 Å². The van der Waals surface area contributed by atoms with Gasteiger partial charge in [-0.3, -0.25) is 0 Å². The van der Waals surface area contributed by atoms with Gasteiger partial charge in [-0.05, 0) is 69.1 Å². The van der Waals surface area contributed by atoms with Crippen LogP contribution in [0.2, 0.25) is 0 Å². The lowest BCUT2D eigenvalue weighted by atomic mass is 9.49. The van der Waals surface area contributed by atoms with Crippen molar-refractivity contribution in [1.29, 1.82) is 0 Å². The van der Waals surface area contributed by atoms with E-state index in [1.165, 1.54) is 11.1 Å². The molecule has 0 aromatic heterocycles. The van der Waals surface area contributed by atoms with E-state index in [2.05, 4.69) is 32.9 Å². The molecule has 9 atom stereocenters. The van der Waals surface area contributed by atoms with Crippen LogP contribution in [-0.4, -0.2) is 57.6 Å². The SMILES string of the molecule is C[C@H](OCC[C@@](C)(O)CO)[C@H]1CC[C@H]2C3=CC=C4C[C@@H](O)C[C@H](O)[C@]4(C)[C@H]3CC[C@]12C. The molecule has 0 unspecified atom stereocenters. The second kappa shape index (κ2) is 8.25. The van der Waals surface area contributed by atoms with Crippen molar-refractivity contribution in [1.82, 2.24) is 0 Å². The van der Waals surface area contributed by atoms with Gasteiger partial charge < -0.3 is 25.2 Å². The largest absolute Gasteiger partial charge is 0.393 e. The van der Waals surface area contributed by atoms with Crippen LogP contribution in [-0.2, 0) is 4.74 Å². The zero-order valence-corrected chi connectivity index (χ0v) is 19.7. The molecule has 0 heterocycles. The van der Waals surface area contributed by atoms with Crippen LogP contribution in [0.5, 0.6) is 0 Å². The summed E-state index contributed by atoms with van der Waals surface area (Å²) in [5.41, 5.74) is 1.58. The highest BCUT2D eigenvalue weighted by Gasteiger charge is 2.59. The van der Waals surface area contributed by atoms with Crippen molar-refractivity contribution in [2.75, 3.05) is 13.2 Å². The molecule has 3 saturated carbocycles. The van der Waals surface area contributed by atoms with Gasteiger partial charge in [0.15, 0.2) is 0 Å². The van der Waals surface area contributed by atoms with Crippen LogP contribution in [0.4, 0.5) is 0 Å². The van der Waals surface area contributed by atoms with Gasteiger partial charge in [0.1, 0.15) is 0 Å². The van der Waals surface area contributed by atoms with Gasteiger partial charge in [0.05, 0.1) is 30.5 Å². The van der Waals surface area contributed by atoms with Gasteiger partial charge >= 0.3 is 0 Å². The molecule has 0 saturated heterocycles. The summed E-state index contributed by atoms with van der Waals surface area (Å²) >= 11 is 0. The number of hydrogen-bond acceptors (Lipinski definition) is 5. The van der Waals surface area contributed by atoms with E-state index in [-0.39, 0.29) is 23.5 Å². The molecule has 0 aromatic carbocycles. The summed E-state index contributed by atoms with van der Waals surface area (Å²) in [6, 6.07) is 0. The first-order valence-corrected chi connectivity index (χ1v) is 12.2. The molecule has 0 aromatic rings. The lowest BCUT2D eigenvalue weighted by molar-refractivity contribution is -0.0751. The number of hydrogen-bond donors (Lipinski definition) is 4. The summed E-state index contributed by atoms with van der Waals surface area (Å²) in [7, 11) is 0. The zero-order chi connectivity index (χ0) is 22.6. The summed E-state index contributed by atoms with van der Waals surface area (Å²) in [4.78, 5) is 0. The van der Waals surface area contributed by atoms with E-state index in [9.17, 15) is 20.4 Å². The Morgan fingerprint density at radius 2 is 1.90 bits per heavy atom. The summed E-state index contributed by atoms with van der Waals surface area (Å²) in [6.45, 7) is 8.67. The van der Waals surface area contributed by atoms with Crippen molar-refractivity contribution in [3.8, 4) is 0 Å². The molecule has 0 aliphatic heterocycles. The second-order valence-corrected chi connectivity index (χ2v) is 11.6. The van der Waals surface area contributed by atoms with Crippen LogP contribution in [0.15, 0.2) is 23.3 Å². The average molecular weight is 435 g/mol. The predicted octanol–water partition coefficient (Wildman–Crippen LogP) is 3.36. The molecule has 0 amide bonds. The quantitative estimate of drug-likeness (QED) is 0.515. The Balaban J connectivity index is 1.51. The Labute approximate surface area is 187 Å². The van der Waals surface area contributed by atoms with Crippen molar-refractivity contribution in [2.45, 2.75) is 96.6 Å². The maximum Gasteiger partial charge on any atom is 0.0871 e. The molecule has 5 heteroatoms. The summed E-state index contributed by atoms with van der Waals surface area (Å²) in [5.74, 6) is 1.34. The Morgan fingerprint density at radius 1 is 1.16 bits per heavy atom. The summed E-state index contributed by atoms with van der Waals surface area (Å²) < 4.78 is 6.18. The van der Waals surface area contributed by atoms with E-state index in [4.69, 9.17) is 4.74 Å². The molecule has 0 spiro atoms. The fourth-order valence-corrected chi connectivity index (χ4v) is 7.52. The van der Waals surface area contributed by atoms with Crippen LogP contribution in [0, 0.1) is 28.6 Å².